The van der Waals surface area contributed by atoms with Crippen molar-refractivity contribution in [3.63, 3.8) is 0 Å². The van der Waals surface area contributed by atoms with Crippen LogP contribution in [0.4, 0.5) is 13.6 Å². The molecule has 0 bridgehead atoms. The highest BCUT2D eigenvalue weighted by Crippen LogP contribution is 2.15. The molecule has 0 spiro atoms. The molecule has 6 heteroatoms. The largest absolute Gasteiger partial charge is 0.338 e. The van der Waals surface area contributed by atoms with E-state index in [-0.39, 0.29) is 18.6 Å². The summed E-state index contributed by atoms with van der Waals surface area (Å²) in [6.45, 7) is 2.24. The lowest BCUT2D eigenvalue weighted by molar-refractivity contribution is 0.237. The maximum Gasteiger partial charge on any atom is 0.315 e. The average Bonchev–Trinajstić information content (AvgIpc) is 2.55. The van der Waals surface area contributed by atoms with Crippen molar-refractivity contribution in [1.82, 2.24) is 15.6 Å². The van der Waals surface area contributed by atoms with Crippen molar-refractivity contribution in [2.24, 2.45) is 0 Å². The lowest BCUT2D eigenvalue weighted by atomic mass is 10.1. The van der Waals surface area contributed by atoms with Crippen LogP contribution in [0.15, 0.2) is 42.7 Å². The fraction of sp³-hybridized carbons (Fsp3) is 0.294. The molecule has 0 fully saturated rings. The van der Waals surface area contributed by atoms with Gasteiger partial charge in [0.1, 0.15) is 11.6 Å². The summed E-state index contributed by atoms with van der Waals surface area (Å²) >= 11 is 0. The number of rotatable bonds is 6. The van der Waals surface area contributed by atoms with E-state index in [4.69, 9.17) is 0 Å². The van der Waals surface area contributed by atoms with Gasteiger partial charge in [0.2, 0.25) is 0 Å². The molecular formula is C17H19F2N3O. The molecule has 1 aromatic heterocycles. The topological polar surface area (TPSA) is 54.0 Å². The van der Waals surface area contributed by atoms with Crippen molar-refractivity contribution in [1.29, 1.82) is 0 Å². The fourth-order valence-corrected chi connectivity index (χ4v) is 2.26. The van der Waals surface area contributed by atoms with Crippen LogP contribution in [0.3, 0.4) is 0 Å². The zero-order chi connectivity index (χ0) is 16.7. The van der Waals surface area contributed by atoms with Gasteiger partial charge in [0, 0.05) is 25.0 Å². The number of hydrogen-bond acceptors (Lipinski definition) is 2. The number of benzene rings is 1. The van der Waals surface area contributed by atoms with Gasteiger partial charge in [0.25, 0.3) is 0 Å². The number of amides is 2. The van der Waals surface area contributed by atoms with Crippen molar-refractivity contribution in [2.75, 3.05) is 6.54 Å². The Morgan fingerprint density at radius 2 is 1.96 bits per heavy atom. The Labute approximate surface area is 133 Å². The van der Waals surface area contributed by atoms with Gasteiger partial charge in [-0.1, -0.05) is 13.0 Å². The number of carbonyl (C=O) groups excluding carboxylic acids is 1. The monoisotopic (exact) mass is 319 g/mol. The van der Waals surface area contributed by atoms with Gasteiger partial charge in [-0.3, -0.25) is 4.98 Å². The maximum absolute atomic E-state index is 13.5. The van der Waals surface area contributed by atoms with Gasteiger partial charge in [-0.2, -0.15) is 0 Å². The molecule has 0 aliphatic carbocycles. The van der Waals surface area contributed by atoms with Crippen LogP contribution in [-0.4, -0.2) is 17.6 Å². The van der Waals surface area contributed by atoms with Gasteiger partial charge in [-0.25, -0.2) is 13.6 Å². The molecule has 0 saturated heterocycles. The minimum absolute atomic E-state index is 0.111. The Morgan fingerprint density at radius 1 is 1.22 bits per heavy atom. The van der Waals surface area contributed by atoms with E-state index in [9.17, 15) is 13.6 Å². The molecule has 0 aliphatic heterocycles. The van der Waals surface area contributed by atoms with Gasteiger partial charge < -0.3 is 10.6 Å². The van der Waals surface area contributed by atoms with E-state index in [0.717, 1.165) is 18.1 Å². The summed E-state index contributed by atoms with van der Waals surface area (Å²) in [6.07, 6.45) is 4.39. The summed E-state index contributed by atoms with van der Waals surface area (Å²) < 4.78 is 26.3. The number of nitrogens with one attached hydrogen (secondary N) is 2. The highest BCUT2D eigenvalue weighted by Gasteiger charge is 2.12. The highest BCUT2D eigenvalue weighted by atomic mass is 19.1. The van der Waals surface area contributed by atoms with Crippen molar-refractivity contribution in [3.05, 3.63) is 65.5 Å². The first-order valence-electron chi connectivity index (χ1n) is 7.48. The molecule has 1 atom stereocenters. The van der Waals surface area contributed by atoms with Crippen LogP contribution in [0.25, 0.3) is 0 Å². The van der Waals surface area contributed by atoms with E-state index in [1.54, 1.807) is 12.4 Å². The zero-order valence-electron chi connectivity index (χ0n) is 12.9. The number of halogens is 2. The number of hydrogen-bond donors (Lipinski definition) is 2. The predicted molar refractivity (Wildman–Crippen MR) is 83.9 cm³/mol. The predicted octanol–water partition coefficient (Wildman–Crippen LogP) is 3.35. The quantitative estimate of drug-likeness (QED) is 0.858. The van der Waals surface area contributed by atoms with Crippen LogP contribution in [0.5, 0.6) is 0 Å². The summed E-state index contributed by atoms with van der Waals surface area (Å²) in [5, 5.41) is 5.54. The van der Waals surface area contributed by atoms with E-state index >= 15 is 0 Å². The lowest BCUT2D eigenvalue weighted by Gasteiger charge is -2.17. The Bertz CT molecular complexity index is 650. The molecule has 0 aliphatic rings. The van der Waals surface area contributed by atoms with E-state index in [0.29, 0.717) is 12.0 Å². The second-order valence-corrected chi connectivity index (χ2v) is 5.13. The third kappa shape index (κ3) is 5.02. The van der Waals surface area contributed by atoms with E-state index in [2.05, 4.69) is 15.6 Å². The van der Waals surface area contributed by atoms with Crippen molar-refractivity contribution < 1.29 is 13.6 Å². The number of urea groups is 1. The number of aromatic nitrogens is 1. The normalized spacial score (nSPS) is 11.8. The summed E-state index contributed by atoms with van der Waals surface area (Å²) in [6, 6.07) is 6.69. The molecule has 2 amide bonds. The van der Waals surface area contributed by atoms with Crippen LogP contribution in [0.2, 0.25) is 0 Å². The van der Waals surface area contributed by atoms with Crippen molar-refractivity contribution in [2.45, 2.75) is 25.8 Å². The Kier molecular flexibility index (Phi) is 6.02. The Balaban J connectivity index is 1.82. The van der Waals surface area contributed by atoms with Gasteiger partial charge in [0.15, 0.2) is 0 Å². The van der Waals surface area contributed by atoms with Gasteiger partial charge in [-0.15, -0.1) is 0 Å². The van der Waals surface area contributed by atoms with Crippen molar-refractivity contribution >= 4 is 6.03 Å². The molecule has 0 unspecified atom stereocenters. The zero-order valence-corrected chi connectivity index (χ0v) is 12.9. The third-order valence-electron chi connectivity index (χ3n) is 3.52. The minimum atomic E-state index is -0.611. The van der Waals surface area contributed by atoms with E-state index in [1.807, 2.05) is 19.1 Å². The first-order chi connectivity index (χ1) is 11.1. The smallest absolute Gasteiger partial charge is 0.315 e. The number of pyridine rings is 1. The van der Waals surface area contributed by atoms with Crippen LogP contribution in [0, 0.1) is 11.6 Å². The second kappa shape index (κ2) is 8.22. The molecule has 23 heavy (non-hydrogen) atoms. The average molecular weight is 319 g/mol. The summed E-state index contributed by atoms with van der Waals surface area (Å²) in [5.74, 6) is -1.21. The molecular weight excluding hydrogens is 300 g/mol. The van der Waals surface area contributed by atoms with Gasteiger partial charge >= 0.3 is 6.03 Å². The first-order valence-corrected chi connectivity index (χ1v) is 7.48. The third-order valence-corrected chi connectivity index (χ3v) is 3.52. The van der Waals surface area contributed by atoms with Crippen LogP contribution in [-0.2, 0) is 6.42 Å². The Hall–Kier alpha value is -2.50. The summed E-state index contributed by atoms with van der Waals surface area (Å²) in [5.41, 5.74) is 1.34. The first kappa shape index (κ1) is 16.9. The van der Waals surface area contributed by atoms with E-state index < -0.39 is 11.6 Å². The molecule has 4 nitrogen and oxygen atoms in total. The van der Waals surface area contributed by atoms with E-state index in [1.165, 1.54) is 12.1 Å². The highest BCUT2D eigenvalue weighted by molar-refractivity contribution is 5.74. The minimum Gasteiger partial charge on any atom is -0.338 e. The fourth-order valence-electron chi connectivity index (χ4n) is 2.26. The molecule has 0 radical (unpaired) electrons. The van der Waals surface area contributed by atoms with Crippen LogP contribution < -0.4 is 10.6 Å². The lowest BCUT2D eigenvalue weighted by Crippen LogP contribution is -2.38. The maximum atomic E-state index is 13.5. The molecule has 2 aromatic rings. The second-order valence-electron chi connectivity index (χ2n) is 5.13. The van der Waals surface area contributed by atoms with Crippen LogP contribution >= 0.6 is 0 Å². The molecule has 1 heterocycles. The summed E-state index contributed by atoms with van der Waals surface area (Å²) in [7, 11) is 0. The molecule has 1 aromatic carbocycles. The SMILES string of the molecule is CC[C@H](NC(=O)NCCc1ccc(F)cc1F)c1ccncc1. The summed E-state index contributed by atoms with van der Waals surface area (Å²) in [4.78, 5) is 15.9. The molecule has 2 N–H and O–H groups in total. The van der Waals surface area contributed by atoms with Gasteiger partial charge in [-0.05, 0) is 42.2 Å². The molecule has 2 rings (SSSR count). The number of nitrogens with zero attached hydrogens (tertiary/aromatic N) is 1. The molecule has 0 saturated carbocycles. The number of carbonyl (C=O) groups is 1. The van der Waals surface area contributed by atoms with Crippen molar-refractivity contribution in [3.8, 4) is 0 Å². The standard InChI is InChI=1S/C17H19F2N3O/c1-2-16(13-5-8-20-9-6-13)22-17(23)21-10-7-12-3-4-14(18)11-15(12)19/h3-6,8-9,11,16H,2,7,10H2,1H3,(H2,21,22,23)/t16-/m0/s1. The van der Waals surface area contributed by atoms with Crippen LogP contribution in [0.1, 0.15) is 30.5 Å². The van der Waals surface area contributed by atoms with Gasteiger partial charge in [0.05, 0.1) is 6.04 Å². The molecule has 122 valence electrons. The Morgan fingerprint density at radius 3 is 2.61 bits per heavy atom.